The van der Waals surface area contributed by atoms with Crippen LogP contribution in [-0.4, -0.2) is 36.5 Å². The van der Waals surface area contributed by atoms with Gasteiger partial charge >= 0.3 is 0 Å². The van der Waals surface area contributed by atoms with Crippen LogP contribution in [0.3, 0.4) is 0 Å². The molecule has 2 aromatic carbocycles. The smallest absolute Gasteiger partial charge is 0.255 e. The lowest BCUT2D eigenvalue weighted by Crippen LogP contribution is -2.38. The quantitative estimate of drug-likeness (QED) is 0.485. The van der Waals surface area contributed by atoms with Crippen LogP contribution < -0.4 is 25.4 Å². The van der Waals surface area contributed by atoms with Crippen molar-refractivity contribution < 1.29 is 19.1 Å². The topological polar surface area (TPSA) is 107 Å². The molecule has 1 aromatic heterocycles. The van der Waals surface area contributed by atoms with Crippen molar-refractivity contribution in [2.24, 2.45) is 11.7 Å². The Morgan fingerprint density at radius 1 is 1.06 bits per heavy atom. The van der Waals surface area contributed by atoms with Gasteiger partial charge in [-0.1, -0.05) is 18.2 Å². The number of para-hydroxylation sites is 2. The third-order valence-electron chi connectivity index (χ3n) is 6.01. The van der Waals surface area contributed by atoms with Gasteiger partial charge in [-0.25, -0.2) is 0 Å². The molecular formula is C27H30N4O4. The van der Waals surface area contributed by atoms with Crippen LogP contribution in [0.1, 0.15) is 35.7 Å². The summed E-state index contributed by atoms with van der Waals surface area (Å²) >= 11 is 0. The Morgan fingerprint density at radius 3 is 2.57 bits per heavy atom. The van der Waals surface area contributed by atoms with Gasteiger partial charge < -0.3 is 25.4 Å². The van der Waals surface area contributed by atoms with E-state index in [2.05, 4.69) is 15.2 Å². The predicted octanol–water partition coefficient (Wildman–Crippen LogP) is 4.01. The third kappa shape index (κ3) is 6.09. The number of primary amides is 1. The molecule has 4 rings (SSSR count). The first kappa shape index (κ1) is 24.1. The lowest BCUT2D eigenvalue weighted by molar-refractivity contribution is -0.122. The molecule has 35 heavy (non-hydrogen) atoms. The second kappa shape index (κ2) is 11.4. The van der Waals surface area contributed by atoms with Crippen LogP contribution in [-0.2, 0) is 11.4 Å². The molecule has 2 amide bonds. The van der Waals surface area contributed by atoms with Crippen LogP contribution >= 0.6 is 0 Å². The van der Waals surface area contributed by atoms with Crippen LogP contribution in [0, 0.1) is 5.92 Å². The number of hydrogen-bond acceptors (Lipinski definition) is 6. The van der Waals surface area contributed by atoms with Crippen LogP contribution in [0.15, 0.2) is 67.0 Å². The van der Waals surface area contributed by atoms with Crippen molar-refractivity contribution >= 4 is 23.2 Å². The molecule has 0 atom stereocenters. The normalized spacial score (nSPS) is 13.8. The maximum Gasteiger partial charge on any atom is 0.255 e. The number of nitrogens with zero attached hydrogens (tertiary/aromatic N) is 2. The lowest BCUT2D eigenvalue weighted by atomic mass is 9.96. The molecule has 0 spiro atoms. The minimum absolute atomic E-state index is 0.0936. The molecule has 3 N–H and O–H groups in total. The summed E-state index contributed by atoms with van der Waals surface area (Å²) in [5, 5.41) is 3.03. The molecule has 8 nitrogen and oxygen atoms in total. The number of nitrogens with one attached hydrogen (secondary N) is 1. The number of ether oxygens (including phenoxy) is 2. The molecule has 1 saturated heterocycles. The number of benzene rings is 2. The SMILES string of the molecule is CCOc1cc(C(=O)Nc2ccccc2N2CCC(C(N)=O)CC2)ccc1OCc1cccnc1. The summed E-state index contributed by atoms with van der Waals surface area (Å²) in [6.45, 7) is 4.09. The third-order valence-corrected chi connectivity index (χ3v) is 6.01. The summed E-state index contributed by atoms with van der Waals surface area (Å²) in [5.74, 6) is 0.480. The van der Waals surface area contributed by atoms with Crippen molar-refractivity contribution in [3.63, 3.8) is 0 Å². The van der Waals surface area contributed by atoms with Gasteiger partial charge in [0, 0.05) is 42.5 Å². The lowest BCUT2D eigenvalue weighted by Gasteiger charge is -2.33. The number of pyridine rings is 1. The Morgan fingerprint density at radius 2 is 1.86 bits per heavy atom. The van der Waals surface area contributed by atoms with Crippen LogP contribution in [0.4, 0.5) is 11.4 Å². The molecule has 1 aliphatic rings. The number of aromatic nitrogens is 1. The maximum absolute atomic E-state index is 13.1. The van der Waals surface area contributed by atoms with E-state index >= 15 is 0 Å². The molecule has 0 bridgehead atoms. The molecule has 0 saturated carbocycles. The minimum Gasteiger partial charge on any atom is -0.490 e. The Hall–Kier alpha value is -4.07. The van der Waals surface area contributed by atoms with Gasteiger partial charge in [-0.15, -0.1) is 0 Å². The van der Waals surface area contributed by atoms with Gasteiger partial charge in [-0.3, -0.25) is 14.6 Å². The van der Waals surface area contributed by atoms with Crippen LogP contribution in [0.2, 0.25) is 0 Å². The Labute approximate surface area is 205 Å². The number of amides is 2. The second-order valence-electron chi connectivity index (χ2n) is 8.38. The van der Waals surface area contributed by atoms with Gasteiger partial charge in [-0.05, 0) is 56.2 Å². The van der Waals surface area contributed by atoms with Crippen molar-refractivity contribution in [3.8, 4) is 11.5 Å². The van der Waals surface area contributed by atoms with E-state index in [1.165, 1.54) is 0 Å². The summed E-state index contributed by atoms with van der Waals surface area (Å²) < 4.78 is 11.7. The Balaban J connectivity index is 1.47. The van der Waals surface area contributed by atoms with E-state index in [9.17, 15) is 9.59 Å². The molecule has 0 unspecified atom stereocenters. The highest BCUT2D eigenvalue weighted by Gasteiger charge is 2.25. The van der Waals surface area contributed by atoms with Gasteiger partial charge in [-0.2, -0.15) is 0 Å². The Kier molecular flexibility index (Phi) is 7.82. The fourth-order valence-corrected chi connectivity index (χ4v) is 4.14. The van der Waals surface area contributed by atoms with Crippen molar-refractivity contribution in [1.82, 2.24) is 4.98 Å². The number of hydrogen-bond donors (Lipinski definition) is 2. The molecule has 3 aromatic rings. The van der Waals surface area contributed by atoms with E-state index in [-0.39, 0.29) is 17.7 Å². The number of carbonyl (C=O) groups is 2. The maximum atomic E-state index is 13.1. The molecule has 182 valence electrons. The molecule has 8 heteroatoms. The molecule has 0 aliphatic carbocycles. The molecule has 0 radical (unpaired) electrons. The summed E-state index contributed by atoms with van der Waals surface area (Å²) in [5.41, 5.74) is 8.50. The van der Waals surface area contributed by atoms with Gasteiger partial charge in [0.1, 0.15) is 6.61 Å². The highest BCUT2D eigenvalue weighted by Crippen LogP contribution is 2.32. The minimum atomic E-state index is -0.246. The monoisotopic (exact) mass is 474 g/mol. The zero-order chi connectivity index (χ0) is 24.6. The summed E-state index contributed by atoms with van der Waals surface area (Å²) in [7, 11) is 0. The van der Waals surface area contributed by atoms with E-state index in [0.717, 1.165) is 11.3 Å². The highest BCUT2D eigenvalue weighted by atomic mass is 16.5. The first-order chi connectivity index (χ1) is 17.0. The van der Waals surface area contributed by atoms with E-state index in [0.29, 0.717) is 61.9 Å². The number of anilines is 2. The molecule has 2 heterocycles. The zero-order valence-corrected chi connectivity index (χ0v) is 19.8. The number of nitrogens with two attached hydrogens (primary N) is 1. The standard InChI is InChI=1S/C27H30N4O4/c1-2-34-25-16-21(9-10-24(25)35-18-19-6-5-13-29-17-19)27(33)30-22-7-3-4-8-23(22)31-14-11-20(12-15-31)26(28)32/h3-10,13,16-17,20H,2,11-12,14-15,18H2,1H3,(H2,28,32)(H,30,33). The van der Waals surface area contributed by atoms with Gasteiger partial charge in [0.05, 0.1) is 18.0 Å². The summed E-state index contributed by atoms with van der Waals surface area (Å²) in [6.07, 6.45) is 4.87. The van der Waals surface area contributed by atoms with Gasteiger partial charge in [0.2, 0.25) is 5.91 Å². The molecule has 1 fully saturated rings. The Bertz CT molecular complexity index is 1160. The van der Waals surface area contributed by atoms with Crippen LogP contribution in [0.25, 0.3) is 0 Å². The molecule has 1 aliphatic heterocycles. The largest absolute Gasteiger partial charge is 0.490 e. The predicted molar refractivity (Wildman–Crippen MR) is 135 cm³/mol. The number of piperidine rings is 1. The average molecular weight is 475 g/mol. The zero-order valence-electron chi connectivity index (χ0n) is 19.8. The van der Waals surface area contributed by atoms with Gasteiger partial charge in [0.15, 0.2) is 11.5 Å². The second-order valence-corrected chi connectivity index (χ2v) is 8.38. The summed E-state index contributed by atoms with van der Waals surface area (Å²) in [4.78, 5) is 30.9. The number of rotatable bonds is 9. The first-order valence-electron chi connectivity index (χ1n) is 11.8. The first-order valence-corrected chi connectivity index (χ1v) is 11.8. The fraction of sp³-hybridized carbons (Fsp3) is 0.296. The van der Waals surface area contributed by atoms with Gasteiger partial charge in [0.25, 0.3) is 5.91 Å². The van der Waals surface area contributed by atoms with E-state index in [1.54, 1.807) is 30.6 Å². The molecular weight excluding hydrogens is 444 g/mol. The van der Waals surface area contributed by atoms with Crippen molar-refractivity contribution in [2.75, 3.05) is 29.9 Å². The van der Waals surface area contributed by atoms with E-state index < -0.39 is 0 Å². The van der Waals surface area contributed by atoms with E-state index in [1.807, 2.05) is 43.3 Å². The average Bonchev–Trinajstić information content (AvgIpc) is 2.89. The van der Waals surface area contributed by atoms with Crippen molar-refractivity contribution in [3.05, 3.63) is 78.1 Å². The fourth-order valence-electron chi connectivity index (χ4n) is 4.14. The van der Waals surface area contributed by atoms with Crippen molar-refractivity contribution in [2.45, 2.75) is 26.4 Å². The number of carbonyl (C=O) groups excluding carboxylic acids is 2. The highest BCUT2D eigenvalue weighted by molar-refractivity contribution is 6.06. The summed E-state index contributed by atoms with van der Waals surface area (Å²) in [6, 6.07) is 16.6. The van der Waals surface area contributed by atoms with Crippen LogP contribution in [0.5, 0.6) is 11.5 Å². The van der Waals surface area contributed by atoms with E-state index in [4.69, 9.17) is 15.2 Å². The van der Waals surface area contributed by atoms with Crippen molar-refractivity contribution in [1.29, 1.82) is 0 Å².